The van der Waals surface area contributed by atoms with Crippen molar-refractivity contribution in [3.8, 4) is 0 Å². The Morgan fingerprint density at radius 2 is 1.86 bits per heavy atom. The molecule has 6 nitrogen and oxygen atoms in total. The summed E-state index contributed by atoms with van der Waals surface area (Å²) in [6.07, 6.45) is 6.36. The molecule has 1 atom stereocenters. The molecule has 1 aliphatic heterocycles. The Kier molecular flexibility index (Phi) is 5.62. The monoisotopic (exact) mass is 318 g/mol. The smallest absolute Gasteiger partial charge is 0.307 e. The fraction of sp³-hybridized carbons (Fsp3) is 0.929. The molecular weight excluding hydrogens is 292 g/mol. The molecule has 0 aromatic heterocycles. The fourth-order valence-electron chi connectivity index (χ4n) is 3.48. The van der Waals surface area contributed by atoms with Gasteiger partial charge in [0.05, 0.1) is 5.92 Å². The zero-order chi connectivity index (χ0) is 15.5. The van der Waals surface area contributed by atoms with E-state index in [0.29, 0.717) is 25.9 Å². The molecule has 7 heteroatoms. The van der Waals surface area contributed by atoms with Gasteiger partial charge < -0.3 is 5.11 Å². The summed E-state index contributed by atoms with van der Waals surface area (Å²) in [6.45, 7) is 2.88. The van der Waals surface area contributed by atoms with Gasteiger partial charge in [0.25, 0.3) is 10.2 Å². The van der Waals surface area contributed by atoms with Crippen LogP contribution in [-0.4, -0.2) is 53.8 Å². The molecule has 1 N–H and O–H groups in total. The number of carbonyl (C=O) groups is 1. The third-order valence-corrected chi connectivity index (χ3v) is 6.78. The molecule has 1 aliphatic carbocycles. The Labute approximate surface area is 127 Å². The fourth-order valence-corrected chi connectivity index (χ4v) is 5.42. The number of piperidine rings is 1. The molecule has 0 radical (unpaired) electrons. The quantitative estimate of drug-likeness (QED) is 0.836. The first-order chi connectivity index (χ1) is 9.96. The van der Waals surface area contributed by atoms with E-state index in [1.165, 1.54) is 10.7 Å². The summed E-state index contributed by atoms with van der Waals surface area (Å²) >= 11 is 0. The zero-order valence-electron chi connectivity index (χ0n) is 12.7. The van der Waals surface area contributed by atoms with E-state index < -0.39 is 22.1 Å². The summed E-state index contributed by atoms with van der Waals surface area (Å²) in [5, 5.41) is 9.13. The van der Waals surface area contributed by atoms with Crippen molar-refractivity contribution in [3.63, 3.8) is 0 Å². The maximum Gasteiger partial charge on any atom is 0.307 e. The molecule has 2 aliphatic rings. The molecule has 1 unspecified atom stereocenters. The Hall–Kier alpha value is -0.660. The lowest BCUT2D eigenvalue weighted by Gasteiger charge is -2.38. The Morgan fingerprint density at radius 1 is 1.19 bits per heavy atom. The molecule has 0 bridgehead atoms. The standard InChI is InChI=1S/C14H26N2O4S/c1-2-16(13-8-4-3-5-9-13)21(19,20)15-10-6-7-12(11-15)14(17)18/h12-13H,2-11H2,1H3,(H,17,18). The van der Waals surface area contributed by atoms with E-state index in [2.05, 4.69) is 0 Å². The Bertz CT molecular complexity index is 460. The summed E-state index contributed by atoms with van der Waals surface area (Å²) in [4.78, 5) is 11.1. The van der Waals surface area contributed by atoms with Gasteiger partial charge in [-0.15, -0.1) is 0 Å². The van der Waals surface area contributed by atoms with Crippen LogP contribution in [-0.2, 0) is 15.0 Å². The first-order valence-corrected chi connectivity index (χ1v) is 9.36. The van der Waals surface area contributed by atoms with Crippen LogP contribution < -0.4 is 0 Å². The molecule has 0 aromatic rings. The van der Waals surface area contributed by atoms with Gasteiger partial charge in [-0.25, -0.2) is 0 Å². The van der Waals surface area contributed by atoms with Gasteiger partial charge in [0, 0.05) is 25.7 Å². The second kappa shape index (κ2) is 7.07. The Balaban J connectivity index is 2.12. The average Bonchev–Trinajstić information content (AvgIpc) is 2.49. The van der Waals surface area contributed by atoms with Gasteiger partial charge in [0.15, 0.2) is 0 Å². The van der Waals surface area contributed by atoms with Crippen LogP contribution >= 0.6 is 0 Å². The van der Waals surface area contributed by atoms with Crippen molar-refractivity contribution in [1.29, 1.82) is 0 Å². The van der Waals surface area contributed by atoms with Crippen LogP contribution in [0.4, 0.5) is 0 Å². The van der Waals surface area contributed by atoms with Crippen molar-refractivity contribution >= 4 is 16.2 Å². The van der Waals surface area contributed by atoms with Crippen LogP contribution in [0.2, 0.25) is 0 Å². The number of rotatable bonds is 5. The van der Waals surface area contributed by atoms with E-state index in [4.69, 9.17) is 5.11 Å². The van der Waals surface area contributed by atoms with Gasteiger partial charge in [-0.3, -0.25) is 4.79 Å². The molecule has 1 heterocycles. The summed E-state index contributed by atoms with van der Waals surface area (Å²) in [7, 11) is -3.54. The second-order valence-corrected chi connectivity index (χ2v) is 7.92. The topological polar surface area (TPSA) is 77.9 Å². The van der Waals surface area contributed by atoms with Crippen LogP contribution in [0.5, 0.6) is 0 Å². The molecule has 2 fully saturated rings. The van der Waals surface area contributed by atoms with Crippen LogP contribution in [0.1, 0.15) is 51.9 Å². The molecule has 122 valence electrons. The number of carboxylic acids is 1. The van der Waals surface area contributed by atoms with Crippen LogP contribution in [0, 0.1) is 5.92 Å². The SMILES string of the molecule is CCN(C1CCCCC1)S(=O)(=O)N1CCCC(C(=O)O)C1. The van der Waals surface area contributed by atoms with E-state index in [-0.39, 0.29) is 12.6 Å². The lowest BCUT2D eigenvalue weighted by atomic mass is 9.95. The molecule has 1 saturated carbocycles. The van der Waals surface area contributed by atoms with Crippen LogP contribution in [0.3, 0.4) is 0 Å². The van der Waals surface area contributed by atoms with Crippen LogP contribution in [0.25, 0.3) is 0 Å². The van der Waals surface area contributed by atoms with Crippen molar-refractivity contribution in [2.45, 2.75) is 57.9 Å². The van der Waals surface area contributed by atoms with Gasteiger partial charge in [0.2, 0.25) is 0 Å². The highest BCUT2D eigenvalue weighted by Crippen LogP contribution is 2.28. The molecule has 2 rings (SSSR count). The summed E-state index contributed by atoms with van der Waals surface area (Å²) in [6, 6.07) is 0.0824. The minimum absolute atomic E-state index is 0.0824. The highest BCUT2D eigenvalue weighted by Gasteiger charge is 2.38. The van der Waals surface area contributed by atoms with E-state index >= 15 is 0 Å². The molecular formula is C14H26N2O4S. The van der Waals surface area contributed by atoms with Gasteiger partial charge >= 0.3 is 5.97 Å². The number of hydrogen-bond donors (Lipinski definition) is 1. The van der Waals surface area contributed by atoms with Gasteiger partial charge in [-0.05, 0) is 25.7 Å². The minimum atomic E-state index is -3.54. The van der Waals surface area contributed by atoms with E-state index in [1.54, 1.807) is 4.31 Å². The highest BCUT2D eigenvalue weighted by atomic mass is 32.2. The van der Waals surface area contributed by atoms with Gasteiger partial charge in [0.1, 0.15) is 0 Å². The van der Waals surface area contributed by atoms with Crippen LogP contribution in [0.15, 0.2) is 0 Å². The summed E-state index contributed by atoms with van der Waals surface area (Å²) < 4.78 is 28.7. The zero-order valence-corrected chi connectivity index (χ0v) is 13.5. The third-order valence-electron chi connectivity index (χ3n) is 4.65. The molecule has 0 amide bonds. The first-order valence-electron chi connectivity index (χ1n) is 7.96. The average molecular weight is 318 g/mol. The first kappa shape index (κ1) is 16.7. The Morgan fingerprint density at radius 3 is 2.43 bits per heavy atom. The predicted molar refractivity (Wildman–Crippen MR) is 80.1 cm³/mol. The number of carboxylic acid groups (broad SMARTS) is 1. The van der Waals surface area contributed by atoms with Crippen molar-refractivity contribution in [2.75, 3.05) is 19.6 Å². The van der Waals surface area contributed by atoms with Crippen molar-refractivity contribution in [3.05, 3.63) is 0 Å². The van der Waals surface area contributed by atoms with Crippen molar-refractivity contribution in [2.24, 2.45) is 5.92 Å². The maximum absolute atomic E-state index is 12.8. The normalized spacial score (nSPS) is 26.1. The maximum atomic E-state index is 12.8. The van der Waals surface area contributed by atoms with Gasteiger partial charge in [-0.1, -0.05) is 26.2 Å². The predicted octanol–water partition coefficient (Wildman–Crippen LogP) is 1.68. The lowest BCUT2D eigenvalue weighted by molar-refractivity contribution is -0.142. The van der Waals surface area contributed by atoms with Crippen molar-refractivity contribution in [1.82, 2.24) is 8.61 Å². The molecule has 1 saturated heterocycles. The van der Waals surface area contributed by atoms with E-state index in [1.807, 2.05) is 6.92 Å². The molecule has 0 spiro atoms. The van der Waals surface area contributed by atoms with Gasteiger partial charge in [-0.2, -0.15) is 17.0 Å². The van der Waals surface area contributed by atoms with E-state index in [9.17, 15) is 13.2 Å². The number of hydrogen-bond acceptors (Lipinski definition) is 3. The van der Waals surface area contributed by atoms with Crippen molar-refractivity contribution < 1.29 is 18.3 Å². The number of aliphatic carboxylic acids is 1. The summed E-state index contributed by atoms with van der Waals surface area (Å²) in [5.74, 6) is -1.46. The number of nitrogens with zero attached hydrogens (tertiary/aromatic N) is 2. The van der Waals surface area contributed by atoms with E-state index in [0.717, 1.165) is 25.7 Å². The molecule has 21 heavy (non-hydrogen) atoms. The lowest BCUT2D eigenvalue weighted by Crippen LogP contribution is -2.52. The summed E-state index contributed by atoms with van der Waals surface area (Å²) in [5.41, 5.74) is 0. The highest BCUT2D eigenvalue weighted by molar-refractivity contribution is 7.86. The molecule has 0 aromatic carbocycles. The largest absolute Gasteiger partial charge is 0.481 e. The third kappa shape index (κ3) is 3.76. The minimum Gasteiger partial charge on any atom is -0.481 e. The second-order valence-electron chi connectivity index (χ2n) is 6.04.